The van der Waals surface area contributed by atoms with Crippen LogP contribution in [-0.2, 0) is 4.74 Å². The van der Waals surface area contributed by atoms with Crippen LogP contribution in [0.15, 0.2) is 18.7 Å². The van der Waals surface area contributed by atoms with Gasteiger partial charge in [-0.1, -0.05) is 12.7 Å². The predicted octanol–water partition coefficient (Wildman–Crippen LogP) is 2.85. The number of hydrogen-bond donors (Lipinski definition) is 1. The van der Waals surface area contributed by atoms with E-state index in [4.69, 9.17) is 4.74 Å². The Morgan fingerprint density at radius 1 is 1.50 bits per heavy atom. The summed E-state index contributed by atoms with van der Waals surface area (Å²) >= 11 is 0. The second kappa shape index (κ2) is 7.40. The molecule has 1 aromatic rings. The molecule has 0 aliphatic carbocycles. The highest BCUT2D eigenvalue weighted by molar-refractivity contribution is 5.94. The van der Waals surface area contributed by atoms with Crippen LogP contribution in [-0.4, -0.2) is 37.4 Å². The van der Waals surface area contributed by atoms with E-state index in [1.165, 1.54) is 12.1 Å². The topological polar surface area (TPSA) is 49.8 Å². The predicted molar refractivity (Wildman–Crippen MR) is 84.5 cm³/mol. The second-order valence-electron chi connectivity index (χ2n) is 5.43. The quantitative estimate of drug-likeness (QED) is 0.850. The monoisotopic (exact) mass is 307 g/mol. The van der Waals surface area contributed by atoms with Crippen molar-refractivity contribution in [3.8, 4) is 0 Å². The van der Waals surface area contributed by atoms with Crippen LogP contribution in [0.4, 0.5) is 10.1 Å². The van der Waals surface area contributed by atoms with Crippen LogP contribution in [0.1, 0.15) is 35.7 Å². The summed E-state index contributed by atoms with van der Waals surface area (Å²) in [5, 5.41) is 9.18. The van der Waals surface area contributed by atoms with Crippen molar-refractivity contribution in [3.63, 3.8) is 0 Å². The summed E-state index contributed by atoms with van der Waals surface area (Å²) < 4.78 is 19.3. The number of hydrogen-bond acceptors (Lipinski definition) is 4. The normalized spacial score (nSPS) is 15.7. The molecule has 1 fully saturated rings. The summed E-state index contributed by atoms with van der Waals surface area (Å²) in [5.41, 5.74) is 1.24. The number of carbonyl (C=O) groups excluding carboxylic acids is 1. The van der Waals surface area contributed by atoms with E-state index in [0.29, 0.717) is 24.3 Å². The Labute approximate surface area is 130 Å². The number of rotatable bonds is 5. The fourth-order valence-electron chi connectivity index (χ4n) is 2.73. The van der Waals surface area contributed by atoms with Crippen molar-refractivity contribution in [2.75, 3.05) is 31.2 Å². The fourth-order valence-corrected chi connectivity index (χ4v) is 2.73. The summed E-state index contributed by atoms with van der Waals surface area (Å²) in [6.45, 7) is 7.21. The van der Waals surface area contributed by atoms with Crippen LogP contribution < -0.4 is 4.90 Å². The number of anilines is 1. The van der Waals surface area contributed by atoms with Gasteiger partial charge in [-0.2, -0.15) is 0 Å². The third-order valence-corrected chi connectivity index (χ3v) is 4.05. The average molecular weight is 307 g/mol. The fraction of sp³-hybridized carbons (Fsp3) is 0.471. The number of ether oxygens (including phenoxy) is 1. The van der Waals surface area contributed by atoms with Crippen molar-refractivity contribution >= 4 is 17.7 Å². The van der Waals surface area contributed by atoms with Crippen LogP contribution in [0.25, 0.3) is 6.08 Å². The standard InChI is InChI=1S/C17H22FNO3/c1-3-13-9-16(19-7-5-12(11-20)6-8-19)15(18)10-14(13)17(21)22-4-2/h3,9-10,12,20H,1,4-8,11H2,2H3. The summed E-state index contributed by atoms with van der Waals surface area (Å²) in [5.74, 6) is -0.685. The SMILES string of the molecule is C=Cc1cc(N2CCC(CO)CC2)c(F)cc1C(=O)OCC. The lowest BCUT2D eigenvalue weighted by Gasteiger charge is -2.33. The van der Waals surface area contributed by atoms with Gasteiger partial charge in [-0.15, -0.1) is 0 Å². The van der Waals surface area contributed by atoms with E-state index in [9.17, 15) is 14.3 Å². The molecule has 0 amide bonds. The Hall–Kier alpha value is -1.88. The molecular weight excluding hydrogens is 285 g/mol. The first-order valence-electron chi connectivity index (χ1n) is 7.59. The van der Waals surface area contributed by atoms with E-state index < -0.39 is 11.8 Å². The van der Waals surface area contributed by atoms with E-state index in [2.05, 4.69) is 6.58 Å². The van der Waals surface area contributed by atoms with Gasteiger partial charge in [0.1, 0.15) is 5.82 Å². The number of piperidine rings is 1. The van der Waals surface area contributed by atoms with Crippen LogP contribution in [0.3, 0.4) is 0 Å². The number of aliphatic hydroxyl groups is 1. The van der Waals surface area contributed by atoms with Crippen LogP contribution in [0.2, 0.25) is 0 Å². The molecule has 1 N–H and O–H groups in total. The first-order valence-corrected chi connectivity index (χ1v) is 7.59. The molecule has 22 heavy (non-hydrogen) atoms. The number of benzene rings is 1. The lowest BCUT2D eigenvalue weighted by molar-refractivity contribution is 0.0525. The molecule has 0 bridgehead atoms. The van der Waals surface area contributed by atoms with E-state index in [1.807, 2.05) is 4.90 Å². The third kappa shape index (κ3) is 3.47. The molecule has 0 saturated carbocycles. The van der Waals surface area contributed by atoms with E-state index in [1.54, 1.807) is 13.0 Å². The summed E-state index contributed by atoms with van der Waals surface area (Å²) in [6.07, 6.45) is 3.20. The maximum atomic E-state index is 14.4. The van der Waals surface area contributed by atoms with Gasteiger partial charge in [0.15, 0.2) is 0 Å². The molecule has 0 aromatic heterocycles. The van der Waals surface area contributed by atoms with Crippen molar-refractivity contribution < 1.29 is 19.0 Å². The molecule has 4 nitrogen and oxygen atoms in total. The Bertz CT molecular complexity index is 551. The van der Waals surface area contributed by atoms with Gasteiger partial charge in [-0.05, 0) is 43.4 Å². The lowest BCUT2D eigenvalue weighted by Crippen LogP contribution is -2.35. The highest BCUT2D eigenvalue weighted by Gasteiger charge is 2.23. The van der Waals surface area contributed by atoms with Crippen molar-refractivity contribution in [1.29, 1.82) is 0 Å². The van der Waals surface area contributed by atoms with Crippen LogP contribution in [0, 0.1) is 11.7 Å². The first-order chi connectivity index (χ1) is 10.6. The number of nitrogens with zero attached hydrogens (tertiary/aromatic N) is 1. The number of esters is 1. The molecule has 5 heteroatoms. The van der Waals surface area contributed by atoms with Gasteiger partial charge in [0.25, 0.3) is 0 Å². The molecule has 0 radical (unpaired) electrons. The van der Waals surface area contributed by atoms with Gasteiger partial charge in [0.2, 0.25) is 0 Å². The zero-order valence-corrected chi connectivity index (χ0v) is 12.8. The van der Waals surface area contributed by atoms with Crippen molar-refractivity contribution in [2.45, 2.75) is 19.8 Å². The molecule has 1 aliphatic rings. The van der Waals surface area contributed by atoms with Crippen molar-refractivity contribution in [2.24, 2.45) is 5.92 Å². The first kappa shape index (κ1) is 16.5. The Kier molecular flexibility index (Phi) is 5.55. The van der Waals surface area contributed by atoms with Crippen LogP contribution in [0.5, 0.6) is 0 Å². The van der Waals surface area contributed by atoms with Gasteiger partial charge in [-0.25, -0.2) is 9.18 Å². The van der Waals surface area contributed by atoms with Gasteiger partial charge in [0, 0.05) is 19.7 Å². The van der Waals surface area contributed by atoms with E-state index >= 15 is 0 Å². The second-order valence-corrected chi connectivity index (χ2v) is 5.43. The Balaban J connectivity index is 2.27. The maximum absolute atomic E-state index is 14.4. The highest BCUT2D eigenvalue weighted by Crippen LogP contribution is 2.29. The smallest absolute Gasteiger partial charge is 0.338 e. The number of carbonyl (C=O) groups is 1. The number of aliphatic hydroxyl groups excluding tert-OH is 1. The van der Waals surface area contributed by atoms with Crippen molar-refractivity contribution in [3.05, 3.63) is 35.7 Å². The zero-order valence-electron chi connectivity index (χ0n) is 12.8. The molecular formula is C17H22FNO3. The van der Waals surface area contributed by atoms with Gasteiger partial charge >= 0.3 is 5.97 Å². The molecule has 0 atom stereocenters. The largest absolute Gasteiger partial charge is 0.462 e. The maximum Gasteiger partial charge on any atom is 0.338 e. The third-order valence-electron chi connectivity index (χ3n) is 4.05. The summed E-state index contributed by atoms with van der Waals surface area (Å²) in [7, 11) is 0. The van der Waals surface area contributed by atoms with Gasteiger partial charge in [0.05, 0.1) is 17.9 Å². The molecule has 1 heterocycles. The zero-order chi connectivity index (χ0) is 16.1. The lowest BCUT2D eigenvalue weighted by atomic mass is 9.96. The Morgan fingerprint density at radius 2 is 2.18 bits per heavy atom. The Morgan fingerprint density at radius 3 is 2.73 bits per heavy atom. The average Bonchev–Trinajstić information content (AvgIpc) is 2.55. The highest BCUT2D eigenvalue weighted by atomic mass is 19.1. The summed E-state index contributed by atoms with van der Waals surface area (Å²) in [6, 6.07) is 2.87. The summed E-state index contributed by atoms with van der Waals surface area (Å²) in [4.78, 5) is 13.8. The molecule has 1 aromatic carbocycles. The molecule has 0 unspecified atom stereocenters. The van der Waals surface area contributed by atoms with E-state index in [0.717, 1.165) is 12.8 Å². The van der Waals surface area contributed by atoms with Gasteiger partial charge in [-0.3, -0.25) is 0 Å². The van der Waals surface area contributed by atoms with E-state index in [-0.39, 0.29) is 24.7 Å². The minimum atomic E-state index is -0.540. The molecule has 1 aliphatic heterocycles. The van der Waals surface area contributed by atoms with Gasteiger partial charge < -0.3 is 14.7 Å². The van der Waals surface area contributed by atoms with Crippen LogP contribution >= 0.6 is 0 Å². The minimum absolute atomic E-state index is 0.177. The molecule has 1 saturated heterocycles. The molecule has 2 rings (SSSR count). The molecule has 120 valence electrons. The number of halogens is 1. The minimum Gasteiger partial charge on any atom is -0.462 e. The van der Waals surface area contributed by atoms with Crippen molar-refractivity contribution in [1.82, 2.24) is 0 Å². The molecule has 0 spiro atoms.